The maximum Gasteiger partial charge on any atom is 0.133 e. The molecule has 3 atom stereocenters. The fourth-order valence-corrected chi connectivity index (χ4v) is 4.48. The molecule has 0 aromatic carbocycles. The molecule has 0 saturated heterocycles. The number of hydrogen-bond donors (Lipinski definition) is 0. The van der Waals surface area contributed by atoms with E-state index in [1.807, 2.05) is 0 Å². The van der Waals surface area contributed by atoms with Crippen LogP contribution in [-0.4, -0.2) is 5.78 Å². The number of unbranched alkanes of at least 4 members (excludes halogenated alkanes) is 7. The molecular weight excluding hydrogens is 244 g/mol. The third-order valence-electron chi connectivity index (χ3n) is 5.68. The molecule has 3 unspecified atom stereocenters. The van der Waals surface area contributed by atoms with Crippen LogP contribution in [0.4, 0.5) is 0 Å². The second-order valence-electron chi connectivity index (χ2n) is 7.40. The summed E-state index contributed by atoms with van der Waals surface area (Å²) in [5.41, 5.74) is 0. The van der Waals surface area contributed by atoms with Gasteiger partial charge in [0.2, 0.25) is 0 Å². The van der Waals surface area contributed by atoms with E-state index in [-0.39, 0.29) is 0 Å². The molecule has 0 spiro atoms. The minimum absolute atomic E-state index is 0.563. The molecule has 0 radical (unpaired) electrons. The van der Waals surface area contributed by atoms with Crippen LogP contribution in [0.5, 0.6) is 0 Å². The minimum Gasteiger partial charge on any atom is -0.300 e. The Balaban J connectivity index is 1.43. The second-order valence-corrected chi connectivity index (χ2v) is 7.40. The number of Topliss-reactive ketones (excluding diaryl/α,β-unsaturated/α-hetero) is 1. The van der Waals surface area contributed by atoms with Crippen molar-refractivity contribution in [2.75, 3.05) is 0 Å². The lowest BCUT2D eigenvalue weighted by Crippen LogP contribution is -2.15. The van der Waals surface area contributed by atoms with Crippen molar-refractivity contribution in [1.82, 2.24) is 0 Å². The minimum atomic E-state index is 0.563. The van der Waals surface area contributed by atoms with Crippen molar-refractivity contribution < 1.29 is 4.79 Å². The van der Waals surface area contributed by atoms with Crippen molar-refractivity contribution >= 4 is 5.78 Å². The van der Waals surface area contributed by atoms with Crippen LogP contribution in [-0.2, 0) is 4.79 Å². The van der Waals surface area contributed by atoms with Gasteiger partial charge >= 0.3 is 0 Å². The van der Waals surface area contributed by atoms with E-state index in [0.717, 1.165) is 37.0 Å². The summed E-state index contributed by atoms with van der Waals surface area (Å²) < 4.78 is 0. The Labute approximate surface area is 125 Å². The monoisotopic (exact) mass is 278 g/mol. The Morgan fingerprint density at radius 1 is 0.900 bits per heavy atom. The van der Waals surface area contributed by atoms with Crippen molar-refractivity contribution in [1.29, 1.82) is 0 Å². The van der Waals surface area contributed by atoms with Crippen LogP contribution in [0.2, 0.25) is 0 Å². The number of ketones is 1. The summed E-state index contributed by atoms with van der Waals surface area (Å²) in [6, 6.07) is 0. The van der Waals surface area contributed by atoms with Gasteiger partial charge in [-0.15, -0.1) is 0 Å². The van der Waals surface area contributed by atoms with Crippen molar-refractivity contribution in [3.05, 3.63) is 0 Å². The van der Waals surface area contributed by atoms with E-state index in [4.69, 9.17) is 0 Å². The molecule has 0 aromatic rings. The van der Waals surface area contributed by atoms with E-state index in [9.17, 15) is 4.79 Å². The molecule has 2 aliphatic rings. The van der Waals surface area contributed by atoms with Gasteiger partial charge in [0.25, 0.3) is 0 Å². The second kappa shape index (κ2) is 8.85. The van der Waals surface area contributed by atoms with E-state index in [0.29, 0.717) is 5.78 Å². The zero-order chi connectivity index (χ0) is 14.2. The van der Waals surface area contributed by atoms with E-state index in [2.05, 4.69) is 6.92 Å². The molecule has 2 rings (SSSR count). The van der Waals surface area contributed by atoms with Crippen molar-refractivity contribution in [2.24, 2.45) is 17.8 Å². The van der Waals surface area contributed by atoms with Crippen LogP contribution < -0.4 is 0 Å². The highest BCUT2D eigenvalue weighted by atomic mass is 16.1. The van der Waals surface area contributed by atoms with Gasteiger partial charge in [0.15, 0.2) is 0 Å². The Bertz CT molecular complexity index is 283. The quantitative estimate of drug-likeness (QED) is 0.429. The predicted octanol–water partition coefficient (Wildman–Crippen LogP) is 5.91. The normalized spacial score (nSPS) is 28.1. The lowest BCUT2D eigenvalue weighted by atomic mass is 9.84. The van der Waals surface area contributed by atoms with Crippen LogP contribution in [0.25, 0.3) is 0 Å². The Hall–Kier alpha value is -0.330. The summed E-state index contributed by atoms with van der Waals surface area (Å²) in [6.07, 6.45) is 18.1. The fraction of sp³-hybridized carbons (Fsp3) is 0.947. The highest BCUT2D eigenvalue weighted by Gasteiger charge is 2.39. The van der Waals surface area contributed by atoms with E-state index >= 15 is 0 Å². The van der Waals surface area contributed by atoms with Crippen molar-refractivity contribution in [3.63, 3.8) is 0 Å². The Morgan fingerprint density at radius 2 is 1.60 bits per heavy atom. The highest BCUT2D eigenvalue weighted by Crippen LogP contribution is 2.49. The van der Waals surface area contributed by atoms with Gasteiger partial charge in [0.1, 0.15) is 5.78 Å². The molecule has 2 fully saturated rings. The number of carbonyl (C=O) groups excluding carboxylic acids is 1. The zero-order valence-corrected chi connectivity index (χ0v) is 13.5. The first kappa shape index (κ1) is 16.0. The molecule has 0 N–H and O–H groups in total. The standard InChI is InChI=1S/C19H34O/c1-2-3-4-5-6-7-8-9-10-19(20)15-18-14-16-11-12-17(18)13-16/h16-18H,2-15H2,1H3. The number of carbonyl (C=O) groups is 1. The first-order valence-electron chi connectivity index (χ1n) is 9.31. The largest absolute Gasteiger partial charge is 0.300 e. The topological polar surface area (TPSA) is 17.1 Å². The smallest absolute Gasteiger partial charge is 0.133 e. The SMILES string of the molecule is CCCCCCCCCCC(=O)CC1CC2CCC1C2. The molecule has 2 saturated carbocycles. The van der Waals surface area contributed by atoms with E-state index in [1.165, 1.54) is 70.6 Å². The van der Waals surface area contributed by atoms with Gasteiger partial charge in [-0.1, -0.05) is 58.3 Å². The van der Waals surface area contributed by atoms with E-state index in [1.54, 1.807) is 0 Å². The predicted molar refractivity (Wildman–Crippen MR) is 85.8 cm³/mol. The van der Waals surface area contributed by atoms with Gasteiger partial charge in [-0.05, 0) is 43.4 Å². The number of rotatable bonds is 11. The van der Waals surface area contributed by atoms with Gasteiger partial charge in [-0.3, -0.25) is 4.79 Å². The summed E-state index contributed by atoms with van der Waals surface area (Å²) in [5.74, 6) is 3.24. The molecule has 1 nitrogen and oxygen atoms in total. The maximum absolute atomic E-state index is 12.0. The average Bonchev–Trinajstić information content (AvgIpc) is 3.04. The molecule has 0 heterocycles. The summed E-state index contributed by atoms with van der Waals surface area (Å²) in [5, 5.41) is 0. The molecule has 2 aliphatic carbocycles. The lowest BCUT2D eigenvalue weighted by molar-refractivity contribution is -0.120. The van der Waals surface area contributed by atoms with Gasteiger partial charge in [-0.2, -0.15) is 0 Å². The highest BCUT2D eigenvalue weighted by molar-refractivity contribution is 5.78. The van der Waals surface area contributed by atoms with Crippen LogP contribution in [0.1, 0.15) is 96.8 Å². The number of fused-ring (bicyclic) bond motifs is 2. The summed E-state index contributed by atoms with van der Waals surface area (Å²) in [6.45, 7) is 2.27. The van der Waals surface area contributed by atoms with Crippen LogP contribution >= 0.6 is 0 Å². The van der Waals surface area contributed by atoms with Crippen LogP contribution in [0.3, 0.4) is 0 Å². The third kappa shape index (κ3) is 5.22. The summed E-state index contributed by atoms with van der Waals surface area (Å²) in [7, 11) is 0. The Kier molecular flexibility index (Phi) is 7.10. The van der Waals surface area contributed by atoms with Gasteiger partial charge in [0, 0.05) is 12.8 Å². The maximum atomic E-state index is 12.0. The zero-order valence-electron chi connectivity index (χ0n) is 13.5. The molecule has 1 heteroatoms. The number of hydrogen-bond acceptors (Lipinski definition) is 1. The molecule has 0 amide bonds. The molecule has 20 heavy (non-hydrogen) atoms. The molecule has 0 aliphatic heterocycles. The summed E-state index contributed by atoms with van der Waals surface area (Å²) >= 11 is 0. The lowest BCUT2D eigenvalue weighted by Gasteiger charge is -2.20. The van der Waals surface area contributed by atoms with E-state index < -0.39 is 0 Å². The molecular formula is C19H34O. The first-order valence-corrected chi connectivity index (χ1v) is 9.31. The van der Waals surface area contributed by atoms with Gasteiger partial charge in [0.05, 0.1) is 0 Å². The van der Waals surface area contributed by atoms with Crippen LogP contribution in [0, 0.1) is 17.8 Å². The van der Waals surface area contributed by atoms with Gasteiger partial charge in [-0.25, -0.2) is 0 Å². The molecule has 0 aromatic heterocycles. The molecule has 116 valence electrons. The third-order valence-corrected chi connectivity index (χ3v) is 5.68. The molecule has 2 bridgehead atoms. The van der Waals surface area contributed by atoms with Crippen molar-refractivity contribution in [3.8, 4) is 0 Å². The van der Waals surface area contributed by atoms with Gasteiger partial charge < -0.3 is 0 Å². The average molecular weight is 278 g/mol. The fourth-order valence-electron chi connectivity index (χ4n) is 4.48. The summed E-state index contributed by atoms with van der Waals surface area (Å²) in [4.78, 5) is 12.0. The van der Waals surface area contributed by atoms with Crippen LogP contribution in [0.15, 0.2) is 0 Å². The Morgan fingerprint density at radius 3 is 2.20 bits per heavy atom. The first-order chi connectivity index (χ1) is 9.79. The van der Waals surface area contributed by atoms with Crippen molar-refractivity contribution in [2.45, 2.75) is 96.8 Å².